The second-order valence-electron chi connectivity index (χ2n) is 5.16. The van der Waals surface area contributed by atoms with Crippen LogP contribution >= 0.6 is 0 Å². The third kappa shape index (κ3) is 4.54. The molecule has 104 valence electrons. The Kier molecular flexibility index (Phi) is 5.19. The largest absolute Gasteiger partial charge is 0.450 e. The zero-order chi connectivity index (χ0) is 13.5. The van der Waals surface area contributed by atoms with Crippen molar-refractivity contribution in [1.29, 1.82) is 0 Å². The van der Waals surface area contributed by atoms with E-state index in [1.165, 1.54) is 19.3 Å². The van der Waals surface area contributed by atoms with Crippen molar-refractivity contribution in [2.24, 2.45) is 5.92 Å². The molecular formula is C15H21NO3. The Hall–Kier alpha value is -1.58. The summed E-state index contributed by atoms with van der Waals surface area (Å²) in [7, 11) is 0. The number of amides is 1. The Labute approximate surface area is 113 Å². The Morgan fingerprint density at radius 2 is 2.05 bits per heavy atom. The average molecular weight is 263 g/mol. The van der Waals surface area contributed by atoms with Crippen LogP contribution in [-0.2, 0) is 9.53 Å². The summed E-state index contributed by atoms with van der Waals surface area (Å²) in [4.78, 5) is 23.1. The van der Waals surface area contributed by atoms with E-state index < -0.39 is 0 Å². The van der Waals surface area contributed by atoms with E-state index in [0.717, 1.165) is 12.8 Å². The third-order valence-electron chi connectivity index (χ3n) is 3.67. The molecule has 2 aliphatic carbocycles. The van der Waals surface area contributed by atoms with E-state index in [1.54, 1.807) is 12.2 Å². The van der Waals surface area contributed by atoms with Gasteiger partial charge >= 0.3 is 6.09 Å². The summed E-state index contributed by atoms with van der Waals surface area (Å²) in [5.41, 5.74) is 0. The van der Waals surface area contributed by atoms with Gasteiger partial charge in [-0.25, -0.2) is 4.79 Å². The summed E-state index contributed by atoms with van der Waals surface area (Å²) in [6, 6.07) is 0.264. The maximum atomic E-state index is 11.6. The first-order chi connectivity index (χ1) is 9.25. The van der Waals surface area contributed by atoms with Crippen LogP contribution < -0.4 is 5.32 Å². The molecule has 0 aromatic heterocycles. The molecule has 0 aliphatic heterocycles. The molecule has 0 aromatic rings. The average Bonchev–Trinajstić information content (AvgIpc) is 2.42. The predicted molar refractivity (Wildman–Crippen MR) is 72.8 cm³/mol. The standard InChI is InChI=1S/C15H21NO3/c17-14-9-5-4-6-12(14)10-11-19-15(18)16-13-7-2-1-3-8-13/h4-6,9,12-13H,1-3,7-8,10-11H2,(H,16,18). The number of hydrogen-bond donors (Lipinski definition) is 1. The van der Waals surface area contributed by atoms with Crippen LogP contribution in [0, 0.1) is 5.92 Å². The van der Waals surface area contributed by atoms with Gasteiger partial charge in [0.25, 0.3) is 0 Å². The first-order valence-corrected chi connectivity index (χ1v) is 7.08. The molecule has 1 N–H and O–H groups in total. The van der Waals surface area contributed by atoms with Crippen molar-refractivity contribution in [3.63, 3.8) is 0 Å². The molecule has 0 radical (unpaired) electrons. The van der Waals surface area contributed by atoms with Gasteiger partial charge in [0.2, 0.25) is 0 Å². The topological polar surface area (TPSA) is 55.4 Å². The molecule has 0 aromatic carbocycles. The fraction of sp³-hybridized carbons (Fsp3) is 0.600. The van der Waals surface area contributed by atoms with Crippen molar-refractivity contribution in [2.75, 3.05) is 6.61 Å². The van der Waals surface area contributed by atoms with Crippen LogP contribution in [0.25, 0.3) is 0 Å². The maximum absolute atomic E-state index is 11.6. The fourth-order valence-corrected chi connectivity index (χ4v) is 2.54. The molecule has 0 saturated heterocycles. The molecule has 4 heteroatoms. The second-order valence-corrected chi connectivity index (χ2v) is 5.16. The molecule has 2 aliphatic rings. The lowest BCUT2D eigenvalue weighted by Gasteiger charge is -2.22. The number of rotatable bonds is 4. The highest BCUT2D eigenvalue weighted by Crippen LogP contribution is 2.17. The number of hydrogen-bond acceptors (Lipinski definition) is 3. The van der Waals surface area contributed by atoms with Crippen LogP contribution in [0.4, 0.5) is 4.79 Å². The molecule has 0 bridgehead atoms. The minimum atomic E-state index is -0.352. The highest BCUT2D eigenvalue weighted by atomic mass is 16.5. The van der Waals surface area contributed by atoms with E-state index in [9.17, 15) is 9.59 Å². The third-order valence-corrected chi connectivity index (χ3v) is 3.67. The molecule has 0 heterocycles. The summed E-state index contributed by atoms with van der Waals surface area (Å²) in [6.45, 7) is 0.285. The lowest BCUT2D eigenvalue weighted by molar-refractivity contribution is -0.117. The van der Waals surface area contributed by atoms with Crippen LogP contribution in [0.3, 0.4) is 0 Å². The van der Waals surface area contributed by atoms with Gasteiger partial charge in [-0.1, -0.05) is 37.5 Å². The van der Waals surface area contributed by atoms with Crippen molar-refractivity contribution in [2.45, 2.75) is 44.6 Å². The molecule has 1 atom stereocenters. The lowest BCUT2D eigenvalue weighted by Crippen LogP contribution is -2.36. The van der Waals surface area contributed by atoms with Gasteiger partial charge < -0.3 is 10.1 Å². The number of carbonyl (C=O) groups is 2. The van der Waals surface area contributed by atoms with E-state index in [-0.39, 0.29) is 30.4 Å². The summed E-state index contributed by atoms with van der Waals surface area (Å²) in [5.74, 6) is -0.0636. The monoisotopic (exact) mass is 263 g/mol. The Morgan fingerprint density at radius 3 is 2.79 bits per heavy atom. The summed E-state index contributed by atoms with van der Waals surface area (Å²) >= 11 is 0. The van der Waals surface area contributed by atoms with E-state index in [2.05, 4.69) is 5.32 Å². The van der Waals surface area contributed by atoms with Gasteiger partial charge in [-0.15, -0.1) is 0 Å². The van der Waals surface area contributed by atoms with Crippen LogP contribution in [0.15, 0.2) is 24.3 Å². The van der Waals surface area contributed by atoms with Crippen molar-refractivity contribution < 1.29 is 14.3 Å². The summed E-state index contributed by atoms with van der Waals surface area (Å²) in [5, 5.41) is 2.89. The van der Waals surface area contributed by atoms with Crippen LogP contribution in [0.5, 0.6) is 0 Å². The van der Waals surface area contributed by atoms with E-state index in [4.69, 9.17) is 4.74 Å². The summed E-state index contributed by atoms with van der Waals surface area (Å²) in [6.07, 6.45) is 12.9. The van der Waals surface area contributed by atoms with Crippen LogP contribution in [-0.4, -0.2) is 24.5 Å². The normalized spacial score (nSPS) is 23.4. The van der Waals surface area contributed by atoms with Gasteiger partial charge in [0, 0.05) is 12.0 Å². The number of carbonyl (C=O) groups excluding carboxylic acids is 2. The van der Waals surface area contributed by atoms with Crippen molar-refractivity contribution in [1.82, 2.24) is 5.32 Å². The number of nitrogens with one attached hydrogen (secondary N) is 1. The zero-order valence-corrected chi connectivity index (χ0v) is 11.1. The number of allylic oxidation sites excluding steroid dienone is 4. The maximum Gasteiger partial charge on any atom is 0.407 e. The molecule has 1 amide bonds. The van der Waals surface area contributed by atoms with E-state index in [0.29, 0.717) is 6.42 Å². The molecule has 19 heavy (non-hydrogen) atoms. The molecule has 0 spiro atoms. The van der Waals surface area contributed by atoms with E-state index >= 15 is 0 Å². The van der Waals surface area contributed by atoms with Gasteiger partial charge in [0.15, 0.2) is 5.78 Å². The van der Waals surface area contributed by atoms with Crippen molar-refractivity contribution >= 4 is 11.9 Å². The SMILES string of the molecule is O=C(NC1CCCCC1)OCCC1C=CC=CC1=O. The van der Waals surface area contributed by atoms with Gasteiger partial charge in [-0.05, 0) is 25.3 Å². The Bertz CT molecular complexity index is 381. The van der Waals surface area contributed by atoms with E-state index in [1.807, 2.05) is 12.2 Å². The minimum absolute atomic E-state index is 0.0822. The molecule has 1 unspecified atom stereocenters. The van der Waals surface area contributed by atoms with Crippen LogP contribution in [0.1, 0.15) is 38.5 Å². The Morgan fingerprint density at radius 1 is 1.26 bits per heavy atom. The molecule has 4 nitrogen and oxygen atoms in total. The molecule has 2 rings (SSSR count). The van der Waals surface area contributed by atoms with Gasteiger partial charge in [-0.2, -0.15) is 0 Å². The summed E-state index contributed by atoms with van der Waals surface area (Å²) < 4.78 is 5.14. The lowest BCUT2D eigenvalue weighted by atomic mass is 9.96. The molecular weight excluding hydrogens is 242 g/mol. The number of ether oxygens (including phenoxy) is 1. The number of ketones is 1. The number of alkyl carbamates (subject to hydrolysis) is 1. The quantitative estimate of drug-likeness (QED) is 0.848. The second kappa shape index (κ2) is 7.12. The molecule has 1 fully saturated rings. The van der Waals surface area contributed by atoms with Gasteiger partial charge in [0.1, 0.15) is 0 Å². The fourth-order valence-electron chi connectivity index (χ4n) is 2.54. The Balaban J connectivity index is 1.62. The van der Waals surface area contributed by atoms with Gasteiger partial charge in [-0.3, -0.25) is 4.79 Å². The highest BCUT2D eigenvalue weighted by molar-refractivity contribution is 5.94. The van der Waals surface area contributed by atoms with Crippen molar-refractivity contribution in [3.05, 3.63) is 24.3 Å². The predicted octanol–water partition coefficient (Wildman–Crippen LogP) is 2.75. The smallest absolute Gasteiger partial charge is 0.407 e. The zero-order valence-electron chi connectivity index (χ0n) is 11.1. The van der Waals surface area contributed by atoms with Gasteiger partial charge in [0.05, 0.1) is 6.61 Å². The first-order valence-electron chi connectivity index (χ1n) is 7.08. The first kappa shape index (κ1) is 13.8. The minimum Gasteiger partial charge on any atom is -0.450 e. The molecule has 1 saturated carbocycles. The highest BCUT2D eigenvalue weighted by Gasteiger charge is 2.18. The van der Waals surface area contributed by atoms with Crippen LogP contribution in [0.2, 0.25) is 0 Å². The van der Waals surface area contributed by atoms with Crippen molar-refractivity contribution in [3.8, 4) is 0 Å².